The molecule has 0 radical (unpaired) electrons. The number of carbonyl (C=O) groups excluding carboxylic acids is 1. The summed E-state index contributed by atoms with van der Waals surface area (Å²) in [5.41, 5.74) is 1.26. The van der Waals surface area contributed by atoms with E-state index in [1.165, 1.54) is 11.4 Å². The van der Waals surface area contributed by atoms with Gasteiger partial charge in [0.15, 0.2) is 6.10 Å². The molecule has 2 aromatic carbocycles. The average Bonchev–Trinajstić information content (AvgIpc) is 2.61. The van der Waals surface area contributed by atoms with Crippen LogP contribution in [0.4, 0.5) is 11.4 Å². The van der Waals surface area contributed by atoms with Crippen LogP contribution in [0.3, 0.4) is 0 Å². The van der Waals surface area contributed by atoms with Gasteiger partial charge in [-0.05, 0) is 49.6 Å². The first-order chi connectivity index (χ1) is 12.2. The van der Waals surface area contributed by atoms with Crippen molar-refractivity contribution in [2.24, 2.45) is 0 Å². The third kappa shape index (κ3) is 5.15. The number of sulfonamides is 1. The summed E-state index contributed by atoms with van der Waals surface area (Å²) in [5.74, 6) is 0.222. The van der Waals surface area contributed by atoms with Gasteiger partial charge in [-0.3, -0.25) is 9.10 Å². The summed E-state index contributed by atoms with van der Waals surface area (Å²) in [6.07, 6.45) is 2.37. The van der Waals surface area contributed by atoms with E-state index in [4.69, 9.17) is 4.74 Å². The molecule has 0 fully saturated rings. The van der Waals surface area contributed by atoms with E-state index < -0.39 is 16.1 Å². The first-order valence-corrected chi connectivity index (χ1v) is 10.9. The van der Waals surface area contributed by atoms with Crippen molar-refractivity contribution in [2.45, 2.75) is 17.9 Å². The Morgan fingerprint density at radius 1 is 1.15 bits per heavy atom. The lowest BCUT2D eigenvalue weighted by Crippen LogP contribution is -2.30. The lowest BCUT2D eigenvalue weighted by Gasteiger charge is -2.18. The van der Waals surface area contributed by atoms with Crippen LogP contribution >= 0.6 is 11.8 Å². The van der Waals surface area contributed by atoms with E-state index >= 15 is 0 Å². The number of thioether (sulfide) groups is 1. The highest BCUT2D eigenvalue weighted by Crippen LogP contribution is 2.25. The average molecular weight is 395 g/mol. The van der Waals surface area contributed by atoms with E-state index in [2.05, 4.69) is 5.32 Å². The van der Waals surface area contributed by atoms with Gasteiger partial charge in [-0.2, -0.15) is 0 Å². The lowest BCUT2D eigenvalue weighted by molar-refractivity contribution is -0.122. The van der Waals surface area contributed by atoms with Gasteiger partial charge in [-0.1, -0.05) is 12.1 Å². The first kappa shape index (κ1) is 20.1. The number of nitrogens with one attached hydrogen (secondary N) is 1. The molecule has 1 N–H and O–H groups in total. The molecule has 6 nitrogen and oxygen atoms in total. The molecule has 0 saturated heterocycles. The summed E-state index contributed by atoms with van der Waals surface area (Å²) in [4.78, 5) is 13.3. The van der Waals surface area contributed by atoms with E-state index in [1.54, 1.807) is 43.0 Å². The zero-order chi connectivity index (χ0) is 19.3. The Morgan fingerprint density at radius 2 is 1.77 bits per heavy atom. The van der Waals surface area contributed by atoms with Crippen molar-refractivity contribution in [3.8, 4) is 5.75 Å². The lowest BCUT2D eigenvalue weighted by atomic mass is 10.2. The molecule has 1 atom stereocenters. The molecule has 0 heterocycles. The Balaban J connectivity index is 2.03. The normalized spacial score (nSPS) is 12.3. The van der Waals surface area contributed by atoms with Gasteiger partial charge in [-0.15, -0.1) is 11.8 Å². The monoisotopic (exact) mass is 394 g/mol. The molecule has 26 heavy (non-hydrogen) atoms. The standard InChI is InChI=1S/C18H22N2O4S2/c1-13(18(21)19-16-7-5-6-8-17(16)25-3)24-15-11-9-14(10-12-15)20(2)26(4,22)23/h5-13H,1-4H3,(H,19,21). The predicted octanol–water partition coefficient (Wildman–Crippen LogP) is 3.21. The molecule has 0 bridgehead atoms. The number of rotatable bonds is 7. The predicted molar refractivity (Wildman–Crippen MR) is 107 cm³/mol. The fourth-order valence-electron chi connectivity index (χ4n) is 2.17. The Kier molecular flexibility index (Phi) is 6.55. The second kappa shape index (κ2) is 8.46. The number of nitrogens with zero attached hydrogens (tertiary/aromatic N) is 1. The van der Waals surface area contributed by atoms with Crippen molar-refractivity contribution in [3.05, 3.63) is 48.5 Å². The Bertz CT molecular complexity index is 867. The summed E-state index contributed by atoms with van der Waals surface area (Å²) in [6, 6.07) is 14.1. The highest BCUT2D eigenvalue weighted by atomic mass is 32.2. The van der Waals surface area contributed by atoms with Crippen LogP contribution in [0.5, 0.6) is 5.75 Å². The zero-order valence-corrected chi connectivity index (χ0v) is 16.7. The van der Waals surface area contributed by atoms with Crippen molar-refractivity contribution in [1.82, 2.24) is 0 Å². The van der Waals surface area contributed by atoms with Gasteiger partial charge < -0.3 is 10.1 Å². The largest absolute Gasteiger partial charge is 0.481 e. The van der Waals surface area contributed by atoms with E-state index in [0.29, 0.717) is 11.4 Å². The molecular formula is C18H22N2O4S2. The summed E-state index contributed by atoms with van der Waals surface area (Å²) in [7, 11) is -1.84. The summed E-state index contributed by atoms with van der Waals surface area (Å²) in [5, 5.41) is 2.86. The highest BCUT2D eigenvalue weighted by molar-refractivity contribution is 7.98. The van der Waals surface area contributed by atoms with Crippen molar-refractivity contribution < 1.29 is 17.9 Å². The van der Waals surface area contributed by atoms with Crippen LogP contribution in [-0.4, -0.2) is 40.0 Å². The fourth-order valence-corrected chi connectivity index (χ4v) is 3.22. The SMILES string of the molecule is CSc1ccccc1NC(=O)C(C)Oc1ccc(N(C)S(C)(=O)=O)cc1. The van der Waals surface area contributed by atoms with Crippen LogP contribution in [0.15, 0.2) is 53.4 Å². The number of para-hydroxylation sites is 1. The summed E-state index contributed by atoms with van der Waals surface area (Å²) >= 11 is 1.55. The minimum Gasteiger partial charge on any atom is -0.481 e. The van der Waals surface area contributed by atoms with Gasteiger partial charge in [0, 0.05) is 11.9 Å². The molecule has 0 spiro atoms. The maximum atomic E-state index is 12.4. The fraction of sp³-hybridized carbons (Fsp3) is 0.278. The topological polar surface area (TPSA) is 75.7 Å². The van der Waals surface area contributed by atoms with Gasteiger partial charge in [-0.25, -0.2) is 8.42 Å². The van der Waals surface area contributed by atoms with Crippen LogP contribution < -0.4 is 14.4 Å². The number of ether oxygens (including phenoxy) is 1. The summed E-state index contributed by atoms with van der Waals surface area (Å²) < 4.78 is 29.9. The molecule has 1 unspecified atom stereocenters. The number of hydrogen-bond acceptors (Lipinski definition) is 5. The number of anilines is 2. The van der Waals surface area contributed by atoms with Crippen LogP contribution in [0.2, 0.25) is 0 Å². The molecule has 0 aliphatic rings. The quantitative estimate of drug-likeness (QED) is 0.730. The van der Waals surface area contributed by atoms with Crippen molar-refractivity contribution in [3.63, 3.8) is 0 Å². The molecule has 0 saturated carbocycles. The molecule has 8 heteroatoms. The molecule has 140 valence electrons. The van der Waals surface area contributed by atoms with E-state index in [9.17, 15) is 13.2 Å². The van der Waals surface area contributed by atoms with Crippen LogP contribution in [0.1, 0.15) is 6.92 Å². The number of hydrogen-bond donors (Lipinski definition) is 1. The highest BCUT2D eigenvalue weighted by Gasteiger charge is 2.17. The Labute approximate surface area is 158 Å². The third-order valence-electron chi connectivity index (χ3n) is 3.74. The molecule has 0 aliphatic heterocycles. The van der Waals surface area contributed by atoms with Gasteiger partial charge in [0.2, 0.25) is 10.0 Å². The van der Waals surface area contributed by atoms with Gasteiger partial charge in [0.25, 0.3) is 5.91 Å². The van der Waals surface area contributed by atoms with Gasteiger partial charge >= 0.3 is 0 Å². The van der Waals surface area contributed by atoms with Crippen molar-refractivity contribution >= 4 is 39.1 Å². The van der Waals surface area contributed by atoms with E-state index in [0.717, 1.165) is 16.8 Å². The molecule has 0 aromatic heterocycles. The van der Waals surface area contributed by atoms with E-state index in [-0.39, 0.29) is 5.91 Å². The summed E-state index contributed by atoms with van der Waals surface area (Å²) in [6.45, 7) is 1.66. The van der Waals surface area contributed by atoms with Crippen molar-refractivity contribution in [1.29, 1.82) is 0 Å². The molecule has 2 rings (SSSR count). The van der Waals surface area contributed by atoms with Gasteiger partial charge in [0.1, 0.15) is 5.75 Å². The number of amides is 1. The first-order valence-electron chi connectivity index (χ1n) is 7.87. The van der Waals surface area contributed by atoms with Crippen LogP contribution in [0, 0.1) is 0 Å². The maximum absolute atomic E-state index is 12.4. The van der Waals surface area contributed by atoms with Crippen LogP contribution in [0.25, 0.3) is 0 Å². The number of benzene rings is 2. The smallest absolute Gasteiger partial charge is 0.265 e. The minimum atomic E-state index is -3.32. The maximum Gasteiger partial charge on any atom is 0.265 e. The second-order valence-electron chi connectivity index (χ2n) is 5.67. The molecule has 0 aliphatic carbocycles. The Hall–Kier alpha value is -2.19. The number of carbonyl (C=O) groups is 1. The molecule has 2 aromatic rings. The third-order valence-corrected chi connectivity index (χ3v) is 5.75. The van der Waals surface area contributed by atoms with Crippen molar-refractivity contribution in [2.75, 3.05) is 29.2 Å². The Morgan fingerprint density at radius 3 is 2.35 bits per heavy atom. The zero-order valence-electron chi connectivity index (χ0n) is 15.1. The van der Waals surface area contributed by atoms with E-state index in [1.807, 2.05) is 30.5 Å². The van der Waals surface area contributed by atoms with Crippen LogP contribution in [-0.2, 0) is 14.8 Å². The molecule has 1 amide bonds. The minimum absolute atomic E-state index is 0.260. The van der Waals surface area contributed by atoms with Gasteiger partial charge in [0.05, 0.1) is 17.6 Å². The second-order valence-corrected chi connectivity index (χ2v) is 8.54. The molecular weight excluding hydrogens is 372 g/mol.